The molecule has 0 aromatic heterocycles. The van der Waals surface area contributed by atoms with Gasteiger partial charge in [0.15, 0.2) is 5.76 Å². The molecule has 0 saturated carbocycles. The number of aliphatic hydroxyl groups excluding tert-OH is 1. The SMILES string of the molecule is CCOc1ccc(N2C(=O)C(O)=C(c3ccc(C)c(C)c3)C2=O)cc1. The van der Waals surface area contributed by atoms with Crippen LogP contribution >= 0.6 is 0 Å². The second kappa shape index (κ2) is 6.43. The molecular formula is C20H19NO4. The zero-order valence-corrected chi connectivity index (χ0v) is 14.4. The van der Waals surface area contributed by atoms with Crippen LogP contribution in [0.1, 0.15) is 23.6 Å². The molecule has 1 N–H and O–H groups in total. The van der Waals surface area contributed by atoms with E-state index in [1.807, 2.05) is 26.8 Å². The largest absolute Gasteiger partial charge is 0.502 e. The Morgan fingerprint density at radius 3 is 2.24 bits per heavy atom. The van der Waals surface area contributed by atoms with Gasteiger partial charge >= 0.3 is 5.91 Å². The number of aryl methyl sites for hydroxylation is 2. The van der Waals surface area contributed by atoms with E-state index < -0.39 is 17.6 Å². The lowest BCUT2D eigenvalue weighted by Crippen LogP contribution is -2.31. The van der Waals surface area contributed by atoms with Gasteiger partial charge in [0.1, 0.15) is 5.75 Å². The molecule has 3 rings (SSSR count). The molecule has 0 spiro atoms. The van der Waals surface area contributed by atoms with Crippen LogP contribution in [-0.4, -0.2) is 23.5 Å². The Balaban J connectivity index is 1.97. The Labute approximate surface area is 146 Å². The van der Waals surface area contributed by atoms with Crippen molar-refractivity contribution in [2.24, 2.45) is 0 Å². The zero-order valence-electron chi connectivity index (χ0n) is 14.4. The third-order valence-electron chi connectivity index (χ3n) is 4.26. The summed E-state index contributed by atoms with van der Waals surface area (Å²) in [7, 11) is 0. The van der Waals surface area contributed by atoms with Gasteiger partial charge < -0.3 is 9.84 Å². The quantitative estimate of drug-likeness (QED) is 0.867. The third-order valence-corrected chi connectivity index (χ3v) is 4.26. The molecule has 1 aliphatic rings. The number of imide groups is 1. The van der Waals surface area contributed by atoms with E-state index in [9.17, 15) is 14.7 Å². The molecule has 2 aromatic rings. The van der Waals surface area contributed by atoms with Gasteiger partial charge in [0.2, 0.25) is 0 Å². The van der Waals surface area contributed by atoms with Crippen molar-refractivity contribution in [3.05, 3.63) is 64.9 Å². The molecule has 1 aliphatic heterocycles. The minimum atomic E-state index is -0.720. The van der Waals surface area contributed by atoms with Crippen molar-refractivity contribution in [3.63, 3.8) is 0 Å². The molecule has 5 nitrogen and oxygen atoms in total. The first-order valence-electron chi connectivity index (χ1n) is 8.06. The van der Waals surface area contributed by atoms with Gasteiger partial charge in [0.05, 0.1) is 17.9 Å². The summed E-state index contributed by atoms with van der Waals surface area (Å²) in [6.45, 7) is 6.28. The normalized spacial score (nSPS) is 14.4. The topological polar surface area (TPSA) is 66.8 Å². The number of carbonyl (C=O) groups excluding carboxylic acids is 2. The van der Waals surface area contributed by atoms with Gasteiger partial charge in [0, 0.05) is 0 Å². The summed E-state index contributed by atoms with van der Waals surface area (Å²) in [4.78, 5) is 26.2. The second-order valence-corrected chi connectivity index (χ2v) is 5.90. The van der Waals surface area contributed by atoms with Crippen LogP contribution in [0.15, 0.2) is 48.2 Å². The average Bonchev–Trinajstić information content (AvgIpc) is 2.81. The number of aliphatic hydroxyl groups is 1. The van der Waals surface area contributed by atoms with E-state index in [0.29, 0.717) is 23.6 Å². The van der Waals surface area contributed by atoms with Gasteiger partial charge in [0.25, 0.3) is 5.91 Å². The van der Waals surface area contributed by atoms with Gasteiger partial charge in [-0.15, -0.1) is 0 Å². The number of hydrogen-bond acceptors (Lipinski definition) is 4. The van der Waals surface area contributed by atoms with Crippen molar-refractivity contribution >= 4 is 23.1 Å². The number of amides is 2. The van der Waals surface area contributed by atoms with Crippen molar-refractivity contribution in [3.8, 4) is 5.75 Å². The Bertz CT molecular complexity index is 881. The summed E-state index contributed by atoms with van der Waals surface area (Å²) in [5.41, 5.74) is 3.01. The molecule has 128 valence electrons. The third kappa shape index (κ3) is 2.89. The molecule has 0 saturated heterocycles. The molecule has 0 radical (unpaired) electrons. The Hall–Kier alpha value is -3.08. The van der Waals surface area contributed by atoms with Crippen LogP contribution in [0.3, 0.4) is 0 Å². The number of hydrogen-bond donors (Lipinski definition) is 1. The summed E-state index contributed by atoms with van der Waals surface area (Å²) in [6.07, 6.45) is 0. The van der Waals surface area contributed by atoms with Crippen LogP contribution in [0.25, 0.3) is 5.57 Å². The van der Waals surface area contributed by atoms with E-state index in [2.05, 4.69) is 0 Å². The standard InChI is InChI=1S/C20H19NO4/c1-4-25-16-9-7-15(8-10-16)21-19(23)17(18(22)20(21)24)14-6-5-12(2)13(3)11-14/h5-11,22H,4H2,1-3H3. The monoisotopic (exact) mass is 337 g/mol. The minimum Gasteiger partial charge on any atom is -0.502 e. The molecular weight excluding hydrogens is 318 g/mol. The number of carbonyl (C=O) groups is 2. The molecule has 25 heavy (non-hydrogen) atoms. The molecule has 1 heterocycles. The highest BCUT2D eigenvalue weighted by molar-refractivity contribution is 6.44. The predicted molar refractivity (Wildman–Crippen MR) is 95.6 cm³/mol. The van der Waals surface area contributed by atoms with E-state index in [1.165, 1.54) is 0 Å². The van der Waals surface area contributed by atoms with Crippen LogP contribution in [0, 0.1) is 13.8 Å². The molecule has 2 aromatic carbocycles. The van der Waals surface area contributed by atoms with Crippen molar-refractivity contribution in [2.75, 3.05) is 11.5 Å². The molecule has 5 heteroatoms. The van der Waals surface area contributed by atoms with Crippen molar-refractivity contribution in [2.45, 2.75) is 20.8 Å². The predicted octanol–water partition coefficient (Wildman–Crippen LogP) is 3.54. The van der Waals surface area contributed by atoms with E-state index in [0.717, 1.165) is 16.0 Å². The second-order valence-electron chi connectivity index (χ2n) is 5.90. The number of nitrogens with zero attached hydrogens (tertiary/aromatic N) is 1. The van der Waals surface area contributed by atoms with Crippen molar-refractivity contribution in [1.29, 1.82) is 0 Å². The molecule has 0 atom stereocenters. The lowest BCUT2D eigenvalue weighted by molar-refractivity contribution is -0.121. The van der Waals surface area contributed by atoms with E-state index >= 15 is 0 Å². The fourth-order valence-corrected chi connectivity index (χ4v) is 2.77. The highest BCUT2D eigenvalue weighted by Gasteiger charge is 2.40. The Morgan fingerprint density at radius 2 is 1.64 bits per heavy atom. The fourth-order valence-electron chi connectivity index (χ4n) is 2.77. The van der Waals surface area contributed by atoms with Gasteiger partial charge in [-0.2, -0.15) is 0 Å². The number of rotatable bonds is 4. The molecule has 0 unspecified atom stereocenters. The summed E-state index contributed by atoms with van der Waals surface area (Å²) >= 11 is 0. The first-order chi connectivity index (χ1) is 11.9. The summed E-state index contributed by atoms with van der Waals surface area (Å²) in [5, 5.41) is 10.3. The van der Waals surface area contributed by atoms with Crippen LogP contribution < -0.4 is 9.64 Å². The van der Waals surface area contributed by atoms with E-state index in [-0.39, 0.29) is 5.57 Å². The van der Waals surface area contributed by atoms with Crippen LogP contribution in [0.2, 0.25) is 0 Å². The first-order valence-corrected chi connectivity index (χ1v) is 8.06. The maximum Gasteiger partial charge on any atom is 0.301 e. The highest BCUT2D eigenvalue weighted by atomic mass is 16.5. The molecule has 0 fully saturated rings. The average molecular weight is 337 g/mol. The van der Waals surface area contributed by atoms with E-state index in [1.54, 1.807) is 36.4 Å². The molecule has 0 bridgehead atoms. The lowest BCUT2D eigenvalue weighted by Gasteiger charge is -2.15. The van der Waals surface area contributed by atoms with Gasteiger partial charge in [-0.05, 0) is 61.7 Å². The van der Waals surface area contributed by atoms with Crippen molar-refractivity contribution in [1.82, 2.24) is 0 Å². The van der Waals surface area contributed by atoms with Crippen molar-refractivity contribution < 1.29 is 19.4 Å². The number of benzene rings is 2. The van der Waals surface area contributed by atoms with E-state index in [4.69, 9.17) is 4.74 Å². The number of anilines is 1. The first kappa shape index (κ1) is 16.8. The van der Waals surface area contributed by atoms with Gasteiger partial charge in [-0.3, -0.25) is 9.59 Å². The smallest absolute Gasteiger partial charge is 0.301 e. The highest BCUT2D eigenvalue weighted by Crippen LogP contribution is 2.33. The summed E-state index contributed by atoms with van der Waals surface area (Å²) in [5.74, 6) is -1.13. The molecule has 0 aliphatic carbocycles. The Kier molecular flexibility index (Phi) is 4.31. The van der Waals surface area contributed by atoms with Crippen LogP contribution in [0.4, 0.5) is 5.69 Å². The lowest BCUT2D eigenvalue weighted by atomic mass is 10.00. The van der Waals surface area contributed by atoms with Gasteiger partial charge in [-0.25, -0.2) is 4.90 Å². The van der Waals surface area contributed by atoms with Crippen LogP contribution in [0.5, 0.6) is 5.75 Å². The number of ether oxygens (including phenoxy) is 1. The molecule has 2 amide bonds. The zero-order chi connectivity index (χ0) is 18.1. The van der Waals surface area contributed by atoms with Crippen LogP contribution in [-0.2, 0) is 9.59 Å². The maximum absolute atomic E-state index is 12.8. The van der Waals surface area contributed by atoms with Gasteiger partial charge in [-0.1, -0.05) is 18.2 Å². The maximum atomic E-state index is 12.8. The fraction of sp³-hybridized carbons (Fsp3) is 0.200. The Morgan fingerprint density at radius 1 is 0.960 bits per heavy atom. The summed E-state index contributed by atoms with van der Waals surface area (Å²) < 4.78 is 5.36. The minimum absolute atomic E-state index is 0.0296. The summed E-state index contributed by atoms with van der Waals surface area (Å²) in [6, 6.07) is 12.0.